The summed E-state index contributed by atoms with van der Waals surface area (Å²) in [6.45, 7) is 6.26. The Morgan fingerprint density at radius 3 is 2.36 bits per heavy atom. The standard InChI is InChI=1S/C21H23N7/c1-15(2)27-10-9-20(25-27)23-17-11-16(3)12-18(13-17)24-21-22-14-28(26-21)19-7-5-4-6-8-19/h4-15H,1-3H3,(H,23,25)(H,24,26). The first-order valence-corrected chi connectivity index (χ1v) is 9.25. The molecule has 142 valence electrons. The number of nitrogens with one attached hydrogen (secondary N) is 2. The molecule has 7 nitrogen and oxygen atoms in total. The molecule has 0 atom stereocenters. The maximum Gasteiger partial charge on any atom is 0.246 e. The van der Waals surface area contributed by atoms with Gasteiger partial charge in [-0.05, 0) is 56.7 Å². The molecule has 0 aliphatic carbocycles. The second kappa shape index (κ2) is 7.56. The molecule has 2 aromatic heterocycles. The fourth-order valence-corrected chi connectivity index (χ4v) is 2.92. The van der Waals surface area contributed by atoms with Crippen LogP contribution in [-0.4, -0.2) is 24.5 Å². The van der Waals surface area contributed by atoms with Crippen LogP contribution in [0.15, 0.2) is 67.1 Å². The molecule has 4 aromatic rings. The third-order valence-corrected chi connectivity index (χ3v) is 4.26. The molecule has 28 heavy (non-hydrogen) atoms. The number of hydrogen-bond donors (Lipinski definition) is 2. The van der Waals surface area contributed by atoms with E-state index in [1.54, 1.807) is 11.0 Å². The molecule has 7 heteroatoms. The lowest BCUT2D eigenvalue weighted by atomic mass is 10.2. The van der Waals surface area contributed by atoms with Gasteiger partial charge in [-0.3, -0.25) is 4.68 Å². The number of benzene rings is 2. The van der Waals surface area contributed by atoms with E-state index in [1.165, 1.54) is 0 Å². The second-order valence-electron chi connectivity index (χ2n) is 6.96. The van der Waals surface area contributed by atoms with Gasteiger partial charge in [-0.1, -0.05) is 18.2 Å². The first kappa shape index (κ1) is 17.8. The number of nitrogens with zero attached hydrogens (tertiary/aromatic N) is 5. The maximum atomic E-state index is 4.54. The van der Waals surface area contributed by atoms with Crippen molar-refractivity contribution in [2.24, 2.45) is 0 Å². The van der Waals surface area contributed by atoms with E-state index < -0.39 is 0 Å². The molecule has 0 amide bonds. The Balaban J connectivity index is 1.52. The average Bonchev–Trinajstić information content (AvgIpc) is 3.32. The maximum absolute atomic E-state index is 4.54. The van der Waals surface area contributed by atoms with Crippen LogP contribution < -0.4 is 10.6 Å². The highest BCUT2D eigenvalue weighted by atomic mass is 15.4. The van der Waals surface area contributed by atoms with Crippen molar-refractivity contribution in [1.82, 2.24) is 24.5 Å². The minimum Gasteiger partial charge on any atom is -0.339 e. The summed E-state index contributed by atoms with van der Waals surface area (Å²) in [5.41, 5.74) is 3.96. The third kappa shape index (κ3) is 4.03. The summed E-state index contributed by atoms with van der Waals surface area (Å²) in [6, 6.07) is 18.4. The van der Waals surface area contributed by atoms with Crippen LogP contribution in [0.25, 0.3) is 5.69 Å². The molecule has 2 N–H and O–H groups in total. The Kier molecular flexibility index (Phi) is 4.80. The van der Waals surface area contributed by atoms with Crippen LogP contribution in [-0.2, 0) is 0 Å². The first-order chi connectivity index (χ1) is 13.6. The molecule has 0 saturated heterocycles. The van der Waals surface area contributed by atoms with E-state index in [4.69, 9.17) is 0 Å². The summed E-state index contributed by atoms with van der Waals surface area (Å²) >= 11 is 0. The smallest absolute Gasteiger partial charge is 0.246 e. The zero-order chi connectivity index (χ0) is 19.5. The van der Waals surface area contributed by atoms with Gasteiger partial charge < -0.3 is 10.6 Å². The second-order valence-corrected chi connectivity index (χ2v) is 6.96. The van der Waals surface area contributed by atoms with Crippen molar-refractivity contribution < 1.29 is 0 Å². The highest BCUT2D eigenvalue weighted by Gasteiger charge is 2.07. The minimum atomic E-state index is 0.330. The fraction of sp³-hybridized carbons (Fsp3) is 0.190. The molecular formula is C21H23N7. The van der Waals surface area contributed by atoms with Gasteiger partial charge in [-0.25, -0.2) is 4.68 Å². The molecule has 0 unspecified atom stereocenters. The molecular weight excluding hydrogens is 350 g/mol. The summed E-state index contributed by atoms with van der Waals surface area (Å²) in [4.78, 5) is 4.36. The van der Waals surface area contributed by atoms with E-state index in [1.807, 2.05) is 53.3 Å². The van der Waals surface area contributed by atoms with Gasteiger partial charge in [0.15, 0.2) is 5.82 Å². The van der Waals surface area contributed by atoms with Crippen LogP contribution >= 0.6 is 0 Å². The lowest BCUT2D eigenvalue weighted by molar-refractivity contribution is 0.534. The monoisotopic (exact) mass is 373 g/mol. The number of rotatable bonds is 6. The summed E-state index contributed by atoms with van der Waals surface area (Å²) in [7, 11) is 0. The molecule has 0 fully saturated rings. The Labute approximate surface area is 164 Å². The number of para-hydroxylation sites is 1. The predicted octanol–water partition coefficient (Wildman–Crippen LogP) is 4.84. The third-order valence-electron chi connectivity index (χ3n) is 4.26. The number of aromatic nitrogens is 5. The predicted molar refractivity (Wildman–Crippen MR) is 112 cm³/mol. The fourth-order valence-electron chi connectivity index (χ4n) is 2.92. The summed E-state index contributed by atoms with van der Waals surface area (Å²) < 4.78 is 3.67. The Morgan fingerprint density at radius 1 is 0.893 bits per heavy atom. The molecule has 2 heterocycles. The van der Waals surface area contributed by atoms with Crippen molar-refractivity contribution in [3.63, 3.8) is 0 Å². The number of hydrogen-bond acceptors (Lipinski definition) is 5. The molecule has 0 aliphatic heterocycles. The lowest BCUT2D eigenvalue weighted by Crippen LogP contribution is -2.02. The van der Waals surface area contributed by atoms with Crippen LogP contribution in [0.2, 0.25) is 0 Å². The van der Waals surface area contributed by atoms with E-state index in [2.05, 4.69) is 58.7 Å². The van der Waals surface area contributed by atoms with Crippen molar-refractivity contribution in [1.29, 1.82) is 0 Å². The highest BCUT2D eigenvalue weighted by Crippen LogP contribution is 2.24. The highest BCUT2D eigenvalue weighted by molar-refractivity contribution is 5.66. The van der Waals surface area contributed by atoms with Gasteiger partial charge in [-0.15, -0.1) is 5.10 Å². The topological polar surface area (TPSA) is 72.6 Å². The van der Waals surface area contributed by atoms with Crippen LogP contribution in [0, 0.1) is 6.92 Å². The summed E-state index contributed by atoms with van der Waals surface area (Å²) in [5.74, 6) is 1.36. The van der Waals surface area contributed by atoms with Crippen molar-refractivity contribution in [3.05, 3.63) is 72.7 Å². The van der Waals surface area contributed by atoms with Crippen LogP contribution in [0.1, 0.15) is 25.5 Å². The minimum absolute atomic E-state index is 0.330. The van der Waals surface area contributed by atoms with Crippen molar-refractivity contribution in [3.8, 4) is 5.69 Å². The number of anilines is 4. The normalized spacial score (nSPS) is 11.0. The van der Waals surface area contributed by atoms with Crippen LogP contribution in [0.5, 0.6) is 0 Å². The van der Waals surface area contributed by atoms with Crippen molar-refractivity contribution in [2.75, 3.05) is 10.6 Å². The van der Waals surface area contributed by atoms with Crippen molar-refractivity contribution in [2.45, 2.75) is 26.8 Å². The molecule has 0 spiro atoms. The van der Waals surface area contributed by atoms with Gasteiger partial charge in [0, 0.05) is 29.7 Å². The molecule has 2 aromatic carbocycles. The number of aryl methyl sites for hydroxylation is 1. The van der Waals surface area contributed by atoms with E-state index in [-0.39, 0.29) is 0 Å². The van der Waals surface area contributed by atoms with Crippen LogP contribution in [0.4, 0.5) is 23.1 Å². The zero-order valence-corrected chi connectivity index (χ0v) is 16.2. The van der Waals surface area contributed by atoms with Gasteiger partial charge in [0.25, 0.3) is 0 Å². The summed E-state index contributed by atoms with van der Waals surface area (Å²) in [6.07, 6.45) is 3.67. The zero-order valence-electron chi connectivity index (χ0n) is 16.2. The molecule has 0 bridgehead atoms. The van der Waals surface area contributed by atoms with Gasteiger partial charge in [0.2, 0.25) is 5.95 Å². The van der Waals surface area contributed by atoms with Gasteiger partial charge in [0.1, 0.15) is 6.33 Å². The van der Waals surface area contributed by atoms with E-state index in [9.17, 15) is 0 Å². The quantitative estimate of drug-likeness (QED) is 0.506. The van der Waals surface area contributed by atoms with E-state index >= 15 is 0 Å². The van der Waals surface area contributed by atoms with Gasteiger partial charge in [0.05, 0.1) is 5.69 Å². The first-order valence-electron chi connectivity index (χ1n) is 9.25. The largest absolute Gasteiger partial charge is 0.339 e. The van der Waals surface area contributed by atoms with Crippen molar-refractivity contribution >= 4 is 23.1 Å². The van der Waals surface area contributed by atoms with E-state index in [0.717, 1.165) is 28.4 Å². The average molecular weight is 373 g/mol. The Morgan fingerprint density at radius 2 is 1.64 bits per heavy atom. The lowest BCUT2D eigenvalue weighted by Gasteiger charge is -2.09. The SMILES string of the molecule is Cc1cc(Nc2ccn(C(C)C)n2)cc(Nc2ncn(-c3ccccc3)n2)c1. The molecule has 0 aliphatic rings. The molecule has 0 saturated carbocycles. The Hall–Kier alpha value is -3.61. The Bertz CT molecular complexity index is 1060. The van der Waals surface area contributed by atoms with Crippen LogP contribution in [0.3, 0.4) is 0 Å². The van der Waals surface area contributed by atoms with E-state index in [0.29, 0.717) is 12.0 Å². The molecule has 4 rings (SSSR count). The molecule has 0 radical (unpaired) electrons. The summed E-state index contributed by atoms with van der Waals surface area (Å²) in [5, 5.41) is 15.7. The van der Waals surface area contributed by atoms with Gasteiger partial charge in [-0.2, -0.15) is 10.1 Å². The van der Waals surface area contributed by atoms with Gasteiger partial charge >= 0.3 is 0 Å².